The number of aryl methyl sites for hydroxylation is 1. The molecule has 1 N–H and O–H groups in total. The molecule has 0 saturated heterocycles. The van der Waals surface area contributed by atoms with Gasteiger partial charge in [0.15, 0.2) is 11.0 Å². The Labute approximate surface area is 172 Å². The second kappa shape index (κ2) is 9.24. The Kier molecular flexibility index (Phi) is 6.50. The van der Waals surface area contributed by atoms with Gasteiger partial charge in [0.2, 0.25) is 5.91 Å². The number of rotatable bonds is 8. The van der Waals surface area contributed by atoms with Crippen molar-refractivity contribution in [1.82, 2.24) is 14.8 Å². The van der Waals surface area contributed by atoms with E-state index in [0.717, 1.165) is 11.3 Å². The summed E-state index contributed by atoms with van der Waals surface area (Å²) in [6.07, 6.45) is 3.33. The number of furan rings is 1. The third-order valence-corrected chi connectivity index (χ3v) is 5.03. The fraction of sp³-hybridized carbons (Fsp3) is 0.200. The molecule has 0 aliphatic heterocycles. The lowest BCUT2D eigenvalue weighted by Crippen LogP contribution is -2.17. The number of para-hydroxylation sites is 1. The van der Waals surface area contributed by atoms with Crippen molar-refractivity contribution in [3.05, 3.63) is 60.6 Å². The zero-order valence-electron chi connectivity index (χ0n) is 16.0. The fourth-order valence-corrected chi connectivity index (χ4v) is 3.45. The molecule has 0 bridgehead atoms. The molecule has 0 saturated carbocycles. The molecule has 3 rings (SSSR count). The van der Waals surface area contributed by atoms with Crippen LogP contribution in [0.1, 0.15) is 16.1 Å². The van der Waals surface area contributed by atoms with Crippen molar-refractivity contribution in [2.75, 3.05) is 18.2 Å². The third kappa shape index (κ3) is 4.57. The number of anilines is 1. The van der Waals surface area contributed by atoms with Crippen molar-refractivity contribution < 1.29 is 18.7 Å². The summed E-state index contributed by atoms with van der Waals surface area (Å²) in [5, 5.41) is 11.8. The quantitative estimate of drug-likeness (QED) is 0.343. The van der Waals surface area contributed by atoms with E-state index < -0.39 is 5.97 Å². The minimum Gasteiger partial charge on any atom is -0.469 e. The Hall–Kier alpha value is -3.33. The maximum absolute atomic E-state index is 12.4. The molecule has 0 fully saturated rings. The number of carbonyl (C=O) groups excluding carboxylic acids is 2. The van der Waals surface area contributed by atoms with Crippen LogP contribution < -0.4 is 5.32 Å². The lowest BCUT2D eigenvalue weighted by atomic mass is 10.2. The van der Waals surface area contributed by atoms with Gasteiger partial charge in [-0.25, -0.2) is 4.79 Å². The molecule has 0 spiro atoms. The summed E-state index contributed by atoms with van der Waals surface area (Å²) in [5.41, 5.74) is 1.52. The number of nitrogens with zero attached hydrogens (tertiary/aromatic N) is 3. The largest absolute Gasteiger partial charge is 0.469 e. The molecule has 0 aliphatic rings. The van der Waals surface area contributed by atoms with Crippen LogP contribution in [-0.2, 0) is 16.1 Å². The number of benzene rings is 1. The average molecular weight is 412 g/mol. The van der Waals surface area contributed by atoms with Crippen molar-refractivity contribution in [3.8, 4) is 11.4 Å². The highest BCUT2D eigenvalue weighted by Gasteiger charge is 2.18. The number of aromatic nitrogens is 3. The Morgan fingerprint density at radius 3 is 2.79 bits per heavy atom. The Morgan fingerprint density at radius 1 is 1.31 bits per heavy atom. The Bertz CT molecular complexity index is 1040. The molecular weight excluding hydrogens is 392 g/mol. The SMILES string of the molecule is C=CCn1c(SCC(=O)Nc2ccccc2C(=O)OC)nnc1-c1ccoc1C. The average Bonchev–Trinajstić information content (AvgIpc) is 3.32. The van der Waals surface area contributed by atoms with Crippen LogP contribution in [0.25, 0.3) is 11.4 Å². The normalized spacial score (nSPS) is 10.6. The minimum absolute atomic E-state index is 0.0924. The van der Waals surface area contributed by atoms with E-state index >= 15 is 0 Å². The summed E-state index contributed by atoms with van der Waals surface area (Å²) in [5.74, 6) is 0.682. The first-order valence-electron chi connectivity index (χ1n) is 8.73. The smallest absolute Gasteiger partial charge is 0.339 e. The summed E-state index contributed by atoms with van der Waals surface area (Å²) in [7, 11) is 1.29. The van der Waals surface area contributed by atoms with E-state index in [1.165, 1.54) is 18.9 Å². The molecule has 2 aromatic heterocycles. The molecule has 3 aromatic rings. The highest BCUT2D eigenvalue weighted by molar-refractivity contribution is 7.99. The summed E-state index contributed by atoms with van der Waals surface area (Å²) >= 11 is 1.24. The zero-order valence-corrected chi connectivity index (χ0v) is 16.9. The molecule has 0 radical (unpaired) electrons. The van der Waals surface area contributed by atoms with E-state index in [0.29, 0.717) is 28.8 Å². The van der Waals surface area contributed by atoms with Gasteiger partial charge < -0.3 is 14.5 Å². The Morgan fingerprint density at radius 2 is 2.10 bits per heavy atom. The predicted octanol–water partition coefficient (Wildman–Crippen LogP) is 3.55. The van der Waals surface area contributed by atoms with Gasteiger partial charge in [-0.05, 0) is 25.1 Å². The van der Waals surface area contributed by atoms with Gasteiger partial charge in [-0.2, -0.15) is 0 Å². The van der Waals surface area contributed by atoms with Crippen LogP contribution in [0, 0.1) is 6.92 Å². The number of carbonyl (C=O) groups is 2. The monoisotopic (exact) mass is 412 g/mol. The van der Waals surface area contributed by atoms with Gasteiger partial charge >= 0.3 is 5.97 Å². The Balaban J connectivity index is 1.73. The third-order valence-electron chi connectivity index (χ3n) is 4.07. The van der Waals surface area contributed by atoms with Crippen molar-refractivity contribution in [2.24, 2.45) is 0 Å². The molecule has 1 amide bonds. The molecule has 8 nitrogen and oxygen atoms in total. The zero-order chi connectivity index (χ0) is 20.8. The fourth-order valence-electron chi connectivity index (χ4n) is 2.70. The number of nitrogens with one attached hydrogen (secondary N) is 1. The van der Waals surface area contributed by atoms with Gasteiger partial charge in [-0.15, -0.1) is 16.8 Å². The summed E-state index contributed by atoms with van der Waals surface area (Å²) in [6, 6.07) is 8.50. The van der Waals surface area contributed by atoms with Crippen LogP contribution in [-0.4, -0.2) is 39.5 Å². The second-order valence-corrected chi connectivity index (χ2v) is 6.91. The van der Waals surface area contributed by atoms with Gasteiger partial charge in [0.05, 0.1) is 35.9 Å². The highest BCUT2D eigenvalue weighted by Crippen LogP contribution is 2.27. The molecule has 150 valence electrons. The molecule has 1 aromatic carbocycles. The maximum atomic E-state index is 12.4. The molecule has 0 atom stereocenters. The van der Waals surface area contributed by atoms with Gasteiger partial charge in [0.1, 0.15) is 5.76 Å². The van der Waals surface area contributed by atoms with Crippen LogP contribution in [0.4, 0.5) is 5.69 Å². The van der Waals surface area contributed by atoms with Crippen LogP contribution >= 0.6 is 11.8 Å². The van der Waals surface area contributed by atoms with Crippen molar-refractivity contribution >= 4 is 29.3 Å². The van der Waals surface area contributed by atoms with E-state index in [1.807, 2.05) is 17.6 Å². The lowest BCUT2D eigenvalue weighted by molar-refractivity contribution is -0.113. The second-order valence-electron chi connectivity index (χ2n) is 5.97. The van der Waals surface area contributed by atoms with Gasteiger partial charge in [0, 0.05) is 6.54 Å². The van der Waals surface area contributed by atoms with Gasteiger partial charge in [0.25, 0.3) is 0 Å². The standard InChI is InChI=1S/C20H20N4O4S/c1-4-10-24-18(14-9-11-28-13(14)2)22-23-20(24)29-12-17(25)21-16-8-6-5-7-15(16)19(26)27-3/h4-9,11H,1,10,12H2,2-3H3,(H,21,25). The van der Waals surface area contributed by atoms with E-state index in [2.05, 4.69) is 22.1 Å². The predicted molar refractivity (Wildman–Crippen MR) is 110 cm³/mol. The van der Waals surface area contributed by atoms with Crippen molar-refractivity contribution in [3.63, 3.8) is 0 Å². The molecule has 29 heavy (non-hydrogen) atoms. The number of amides is 1. The number of hydrogen-bond acceptors (Lipinski definition) is 7. The number of ether oxygens (including phenoxy) is 1. The molecule has 9 heteroatoms. The molecule has 0 aliphatic carbocycles. The molecule has 0 unspecified atom stereocenters. The van der Waals surface area contributed by atoms with Gasteiger partial charge in [-0.1, -0.05) is 30.0 Å². The first-order valence-corrected chi connectivity index (χ1v) is 9.72. The number of methoxy groups -OCH3 is 1. The topological polar surface area (TPSA) is 99.2 Å². The van der Waals surface area contributed by atoms with Crippen LogP contribution in [0.5, 0.6) is 0 Å². The van der Waals surface area contributed by atoms with Crippen molar-refractivity contribution in [1.29, 1.82) is 0 Å². The minimum atomic E-state index is -0.514. The van der Waals surface area contributed by atoms with Gasteiger partial charge in [-0.3, -0.25) is 9.36 Å². The summed E-state index contributed by atoms with van der Waals surface area (Å²) < 4.78 is 12.0. The number of allylic oxidation sites excluding steroid dienone is 1. The number of hydrogen-bond donors (Lipinski definition) is 1. The maximum Gasteiger partial charge on any atom is 0.339 e. The van der Waals surface area contributed by atoms with E-state index in [4.69, 9.17) is 9.15 Å². The summed E-state index contributed by atoms with van der Waals surface area (Å²) in [4.78, 5) is 24.3. The van der Waals surface area contributed by atoms with E-state index in [-0.39, 0.29) is 11.7 Å². The number of esters is 1. The van der Waals surface area contributed by atoms with Crippen LogP contribution in [0.2, 0.25) is 0 Å². The number of thioether (sulfide) groups is 1. The summed E-state index contributed by atoms with van der Waals surface area (Å²) in [6.45, 7) is 6.11. The molecular formula is C20H20N4O4S. The molecule has 2 heterocycles. The van der Waals surface area contributed by atoms with Crippen molar-refractivity contribution in [2.45, 2.75) is 18.6 Å². The van der Waals surface area contributed by atoms with E-state index in [9.17, 15) is 9.59 Å². The highest BCUT2D eigenvalue weighted by atomic mass is 32.2. The first kappa shape index (κ1) is 20.4. The lowest BCUT2D eigenvalue weighted by Gasteiger charge is -2.10. The first-order chi connectivity index (χ1) is 14.0. The van der Waals surface area contributed by atoms with Crippen LogP contribution in [0.3, 0.4) is 0 Å². The van der Waals surface area contributed by atoms with E-state index in [1.54, 1.807) is 36.6 Å². The van der Waals surface area contributed by atoms with Crippen LogP contribution in [0.15, 0.2) is 58.8 Å².